The van der Waals surface area contributed by atoms with Gasteiger partial charge in [0.15, 0.2) is 0 Å². The molecule has 0 spiro atoms. The Kier molecular flexibility index (Phi) is 2.26. The van der Waals surface area contributed by atoms with E-state index in [1.165, 1.54) is 0 Å². The quantitative estimate of drug-likeness (QED) is 0.539. The zero-order valence-electron chi connectivity index (χ0n) is 6.17. The Morgan fingerprint density at radius 2 is 2.40 bits per heavy atom. The molecule has 0 saturated carbocycles. The second-order valence-corrected chi connectivity index (χ2v) is 2.36. The molecule has 1 aliphatic rings. The molecule has 1 rings (SSSR count). The van der Waals surface area contributed by atoms with E-state index in [1.54, 1.807) is 6.21 Å². The lowest BCUT2D eigenvalue weighted by Gasteiger charge is -2.02. The van der Waals surface area contributed by atoms with Gasteiger partial charge in [-0.2, -0.15) is 0 Å². The predicted molar refractivity (Wildman–Crippen MR) is 43.8 cm³/mol. The lowest BCUT2D eigenvalue weighted by Crippen LogP contribution is -2.00. The first kappa shape index (κ1) is 7.06. The fourth-order valence-electron chi connectivity index (χ4n) is 0.815. The third-order valence-electron chi connectivity index (χ3n) is 1.54. The Morgan fingerprint density at radius 1 is 1.60 bits per heavy atom. The van der Waals surface area contributed by atoms with E-state index in [1.807, 2.05) is 13.0 Å². The molecule has 54 valence electrons. The van der Waals surface area contributed by atoms with Crippen LogP contribution in [0, 0.1) is 0 Å². The molecule has 0 aromatic carbocycles. The summed E-state index contributed by atoms with van der Waals surface area (Å²) < 4.78 is 0. The molecule has 0 aliphatic carbocycles. The zero-order chi connectivity index (χ0) is 7.40. The summed E-state index contributed by atoms with van der Waals surface area (Å²) in [6.45, 7) is 1.94. The van der Waals surface area contributed by atoms with E-state index in [4.69, 9.17) is 5.73 Å². The van der Waals surface area contributed by atoms with E-state index in [9.17, 15) is 0 Å². The molecule has 0 unspecified atom stereocenters. The Bertz CT molecular complexity index is 199. The molecule has 0 amide bonds. The minimum absolute atomic E-state index is 0.903. The summed E-state index contributed by atoms with van der Waals surface area (Å²) >= 11 is 0. The lowest BCUT2D eigenvalue weighted by atomic mass is 10.2. The highest BCUT2D eigenvalue weighted by Crippen LogP contribution is 2.08. The van der Waals surface area contributed by atoms with Crippen molar-refractivity contribution in [2.45, 2.75) is 19.8 Å². The van der Waals surface area contributed by atoms with Gasteiger partial charge < -0.3 is 5.73 Å². The van der Waals surface area contributed by atoms with Crippen molar-refractivity contribution in [3.05, 3.63) is 23.5 Å². The zero-order valence-corrected chi connectivity index (χ0v) is 6.17. The standard InChI is InChI=1S/C8H12N2/c1-7-8(9)5-3-2-4-6-10-7/h2,4,6H,3,5,9H2,1H3/b4-2-,8-7?,10-6?. The average Bonchev–Trinajstić information content (AvgIpc) is 1.92. The van der Waals surface area contributed by atoms with Crippen molar-refractivity contribution in [2.24, 2.45) is 10.7 Å². The van der Waals surface area contributed by atoms with Gasteiger partial charge in [0.25, 0.3) is 0 Å². The Labute approximate surface area is 61.1 Å². The topological polar surface area (TPSA) is 38.4 Å². The molecule has 2 nitrogen and oxygen atoms in total. The molecule has 0 aromatic heterocycles. The van der Waals surface area contributed by atoms with Gasteiger partial charge in [0.1, 0.15) is 0 Å². The highest BCUT2D eigenvalue weighted by Gasteiger charge is 1.95. The van der Waals surface area contributed by atoms with Gasteiger partial charge in [-0.1, -0.05) is 6.08 Å². The molecule has 2 heteroatoms. The molecule has 1 aliphatic heterocycles. The molecule has 0 radical (unpaired) electrons. The van der Waals surface area contributed by atoms with Gasteiger partial charge in [-0.15, -0.1) is 0 Å². The van der Waals surface area contributed by atoms with Gasteiger partial charge in [-0.25, -0.2) is 0 Å². The van der Waals surface area contributed by atoms with Crippen LogP contribution in [-0.2, 0) is 0 Å². The van der Waals surface area contributed by atoms with Crippen molar-refractivity contribution >= 4 is 6.21 Å². The van der Waals surface area contributed by atoms with Crippen molar-refractivity contribution in [2.75, 3.05) is 0 Å². The van der Waals surface area contributed by atoms with E-state index in [2.05, 4.69) is 11.1 Å². The summed E-state index contributed by atoms with van der Waals surface area (Å²) in [5.41, 5.74) is 7.53. The highest BCUT2D eigenvalue weighted by molar-refractivity contribution is 5.72. The maximum atomic E-state index is 5.68. The number of nitrogens with two attached hydrogens (primary N) is 1. The molecule has 0 saturated heterocycles. The first-order chi connectivity index (χ1) is 4.80. The fourth-order valence-corrected chi connectivity index (χ4v) is 0.815. The number of nitrogens with zero attached hydrogens (tertiary/aromatic N) is 1. The summed E-state index contributed by atoms with van der Waals surface area (Å²) in [5, 5.41) is 0. The fraction of sp³-hybridized carbons (Fsp3) is 0.375. The number of allylic oxidation sites excluding steroid dienone is 4. The molecule has 0 aromatic rings. The summed E-state index contributed by atoms with van der Waals surface area (Å²) in [7, 11) is 0. The first-order valence-corrected chi connectivity index (χ1v) is 3.45. The van der Waals surface area contributed by atoms with Crippen LogP contribution in [0.2, 0.25) is 0 Å². The van der Waals surface area contributed by atoms with Crippen LogP contribution >= 0.6 is 0 Å². The van der Waals surface area contributed by atoms with Gasteiger partial charge in [0.05, 0.1) is 5.70 Å². The maximum Gasteiger partial charge on any atom is 0.0559 e. The third kappa shape index (κ3) is 1.72. The minimum Gasteiger partial charge on any atom is -0.401 e. The number of hydrogen-bond donors (Lipinski definition) is 1. The molecular weight excluding hydrogens is 124 g/mol. The largest absolute Gasteiger partial charge is 0.401 e. The average molecular weight is 136 g/mol. The van der Waals surface area contributed by atoms with Gasteiger partial charge >= 0.3 is 0 Å². The molecule has 10 heavy (non-hydrogen) atoms. The summed E-state index contributed by atoms with van der Waals surface area (Å²) in [6.07, 6.45) is 7.76. The van der Waals surface area contributed by atoms with E-state index in [0.717, 1.165) is 24.2 Å². The Morgan fingerprint density at radius 3 is 3.20 bits per heavy atom. The van der Waals surface area contributed by atoms with Gasteiger partial charge in [0.2, 0.25) is 0 Å². The van der Waals surface area contributed by atoms with Gasteiger partial charge in [0, 0.05) is 11.9 Å². The van der Waals surface area contributed by atoms with Crippen LogP contribution in [0.15, 0.2) is 28.5 Å². The van der Waals surface area contributed by atoms with Crippen molar-refractivity contribution in [3.63, 3.8) is 0 Å². The van der Waals surface area contributed by atoms with Crippen molar-refractivity contribution < 1.29 is 0 Å². The molecule has 1 heterocycles. The number of rotatable bonds is 0. The van der Waals surface area contributed by atoms with Crippen molar-refractivity contribution in [3.8, 4) is 0 Å². The van der Waals surface area contributed by atoms with E-state index >= 15 is 0 Å². The van der Waals surface area contributed by atoms with E-state index in [0.29, 0.717) is 0 Å². The lowest BCUT2D eigenvalue weighted by molar-refractivity contribution is 0.927. The first-order valence-electron chi connectivity index (χ1n) is 3.45. The van der Waals surface area contributed by atoms with Crippen LogP contribution in [-0.4, -0.2) is 6.21 Å². The molecule has 0 bridgehead atoms. The Hall–Kier alpha value is -1.05. The summed E-state index contributed by atoms with van der Waals surface area (Å²) in [5.74, 6) is 0. The molecular formula is C8H12N2. The Balaban J connectivity index is 2.79. The smallest absolute Gasteiger partial charge is 0.0559 e. The van der Waals surface area contributed by atoms with E-state index in [-0.39, 0.29) is 0 Å². The second kappa shape index (κ2) is 3.20. The summed E-state index contributed by atoms with van der Waals surface area (Å²) in [6, 6.07) is 0. The minimum atomic E-state index is 0.903. The molecule has 0 atom stereocenters. The van der Waals surface area contributed by atoms with Crippen LogP contribution in [0.4, 0.5) is 0 Å². The number of aliphatic imine (C=N–C) groups is 1. The van der Waals surface area contributed by atoms with Crippen LogP contribution in [0.1, 0.15) is 19.8 Å². The molecule has 2 N–H and O–H groups in total. The van der Waals surface area contributed by atoms with Gasteiger partial charge in [-0.05, 0) is 25.8 Å². The third-order valence-corrected chi connectivity index (χ3v) is 1.54. The van der Waals surface area contributed by atoms with Gasteiger partial charge in [-0.3, -0.25) is 4.99 Å². The predicted octanol–water partition coefficient (Wildman–Crippen LogP) is 1.60. The van der Waals surface area contributed by atoms with Crippen LogP contribution in [0.25, 0.3) is 0 Å². The van der Waals surface area contributed by atoms with Crippen molar-refractivity contribution in [1.29, 1.82) is 0 Å². The monoisotopic (exact) mass is 136 g/mol. The van der Waals surface area contributed by atoms with Crippen molar-refractivity contribution in [1.82, 2.24) is 0 Å². The normalized spacial score (nSPS) is 22.1. The van der Waals surface area contributed by atoms with Crippen LogP contribution in [0.5, 0.6) is 0 Å². The highest BCUT2D eigenvalue weighted by atomic mass is 14.8. The summed E-state index contributed by atoms with van der Waals surface area (Å²) in [4.78, 5) is 4.11. The maximum absolute atomic E-state index is 5.68. The molecule has 0 fully saturated rings. The SMILES string of the molecule is CC1=C(N)CC/C=C\C=N1. The number of hydrogen-bond acceptors (Lipinski definition) is 2. The van der Waals surface area contributed by atoms with Crippen LogP contribution < -0.4 is 5.73 Å². The second-order valence-electron chi connectivity index (χ2n) is 2.36. The van der Waals surface area contributed by atoms with Crippen LogP contribution in [0.3, 0.4) is 0 Å². The van der Waals surface area contributed by atoms with E-state index < -0.39 is 0 Å².